The lowest BCUT2D eigenvalue weighted by molar-refractivity contribution is -0.133. The van der Waals surface area contributed by atoms with E-state index in [4.69, 9.17) is 5.11 Å². The van der Waals surface area contributed by atoms with Crippen LogP contribution in [0.3, 0.4) is 0 Å². The Morgan fingerprint density at radius 3 is 2.52 bits per heavy atom. The highest BCUT2D eigenvalue weighted by molar-refractivity contribution is 6.13. The highest BCUT2D eigenvalue weighted by Crippen LogP contribution is 2.27. The van der Waals surface area contributed by atoms with Gasteiger partial charge in [-0.25, -0.2) is 14.6 Å². The third-order valence-corrected chi connectivity index (χ3v) is 4.61. The Kier molecular flexibility index (Phi) is 7.89. The van der Waals surface area contributed by atoms with E-state index >= 15 is 0 Å². The Balaban J connectivity index is 3.00. The number of carboxylic acid groups (broad SMARTS) is 2. The van der Waals surface area contributed by atoms with E-state index in [1.54, 1.807) is 6.20 Å². The van der Waals surface area contributed by atoms with E-state index < -0.39 is 11.9 Å². The van der Waals surface area contributed by atoms with E-state index in [9.17, 15) is 14.7 Å². The van der Waals surface area contributed by atoms with Gasteiger partial charge in [0.2, 0.25) is 0 Å². The second-order valence-corrected chi connectivity index (χ2v) is 6.30. The molecule has 0 amide bonds. The summed E-state index contributed by atoms with van der Waals surface area (Å²) in [4.78, 5) is 26.3. The largest absolute Gasteiger partial charge is 0.478 e. The van der Waals surface area contributed by atoms with Crippen LogP contribution in [0.25, 0.3) is 5.70 Å². The summed E-state index contributed by atoms with van der Waals surface area (Å²) < 4.78 is 1.22. The highest BCUT2D eigenvalue weighted by atomic mass is 16.4. The summed E-state index contributed by atoms with van der Waals surface area (Å²) in [6.07, 6.45) is 8.31. The minimum absolute atomic E-state index is 0.0369. The van der Waals surface area contributed by atoms with Crippen LogP contribution in [0.2, 0.25) is 0 Å². The molecule has 1 rings (SSSR count). The molecule has 1 aromatic heterocycles. The average molecular weight is 346 g/mol. The fourth-order valence-electron chi connectivity index (χ4n) is 2.61. The Morgan fingerprint density at radius 1 is 1.32 bits per heavy atom. The van der Waals surface area contributed by atoms with Gasteiger partial charge >= 0.3 is 11.9 Å². The van der Waals surface area contributed by atoms with E-state index in [2.05, 4.69) is 38.1 Å². The van der Waals surface area contributed by atoms with Crippen molar-refractivity contribution >= 4 is 17.6 Å². The van der Waals surface area contributed by atoms with Crippen LogP contribution in [0, 0.1) is 11.8 Å². The van der Waals surface area contributed by atoms with Crippen molar-refractivity contribution in [3.8, 4) is 0 Å². The Morgan fingerprint density at radius 2 is 2.00 bits per heavy atom. The number of nitrogens with zero attached hydrogens (tertiary/aromatic N) is 2. The number of hydrogen-bond acceptors (Lipinski definition) is 3. The van der Waals surface area contributed by atoms with Gasteiger partial charge < -0.3 is 10.2 Å². The number of hydrogen-bond donors (Lipinski definition) is 2. The molecule has 0 fully saturated rings. The smallest absolute Gasteiger partial charge is 0.353 e. The van der Waals surface area contributed by atoms with Crippen molar-refractivity contribution < 1.29 is 19.8 Å². The van der Waals surface area contributed by atoms with Crippen LogP contribution in [0.15, 0.2) is 37.0 Å². The van der Waals surface area contributed by atoms with Crippen molar-refractivity contribution in [2.75, 3.05) is 0 Å². The van der Waals surface area contributed by atoms with E-state index in [0.717, 1.165) is 19.3 Å². The molecular formula is C19H26N2O4. The zero-order valence-electron chi connectivity index (χ0n) is 15.0. The number of aliphatic carboxylic acids is 2. The predicted molar refractivity (Wildman–Crippen MR) is 96.1 cm³/mol. The molecule has 3 atom stereocenters. The number of allylic oxidation sites excluding steroid dienone is 1. The van der Waals surface area contributed by atoms with Crippen LogP contribution < -0.4 is 0 Å². The van der Waals surface area contributed by atoms with Crippen LogP contribution in [0.4, 0.5) is 0 Å². The molecule has 0 radical (unpaired) electrons. The average Bonchev–Trinajstić information content (AvgIpc) is 3.04. The van der Waals surface area contributed by atoms with Crippen LogP contribution in [-0.2, 0) is 9.59 Å². The SMILES string of the molecule is C=C=CC(CCC(C)C(C)CC)c1cn(/C(=C\C(=O)O)C(=O)O)cn1. The fraction of sp³-hybridized carbons (Fsp3) is 0.474. The first kappa shape index (κ1) is 20.5. The van der Waals surface area contributed by atoms with Gasteiger partial charge in [-0.2, -0.15) is 0 Å². The standard InChI is InChI=1S/C19H26N2O4/c1-5-7-15(9-8-14(4)13(3)6-2)16-11-21(12-20-16)17(19(24)25)10-18(22)23/h7,10-15H,1,6,8-9H2,2-4H3,(H,22,23)(H,24,25)/b17-10-. The maximum Gasteiger partial charge on any atom is 0.353 e. The predicted octanol–water partition coefficient (Wildman–Crippen LogP) is 3.78. The number of rotatable bonds is 10. The molecule has 0 aliphatic carbocycles. The molecule has 25 heavy (non-hydrogen) atoms. The van der Waals surface area contributed by atoms with Crippen molar-refractivity contribution in [3.05, 3.63) is 42.7 Å². The van der Waals surface area contributed by atoms with Crippen molar-refractivity contribution in [2.45, 2.75) is 46.0 Å². The first-order valence-electron chi connectivity index (χ1n) is 8.38. The highest BCUT2D eigenvalue weighted by Gasteiger charge is 2.18. The third kappa shape index (κ3) is 6.08. The molecule has 0 aromatic carbocycles. The van der Waals surface area contributed by atoms with E-state index in [0.29, 0.717) is 23.6 Å². The minimum Gasteiger partial charge on any atom is -0.478 e. The second kappa shape index (κ2) is 9.64. The minimum atomic E-state index is -1.33. The van der Waals surface area contributed by atoms with Crippen LogP contribution >= 0.6 is 0 Å². The molecule has 0 spiro atoms. The topological polar surface area (TPSA) is 92.4 Å². The van der Waals surface area contributed by atoms with Gasteiger partial charge in [0.25, 0.3) is 0 Å². The Hall–Kier alpha value is -2.59. The first-order chi connectivity index (χ1) is 11.8. The third-order valence-electron chi connectivity index (χ3n) is 4.61. The summed E-state index contributed by atoms with van der Waals surface area (Å²) >= 11 is 0. The van der Waals surface area contributed by atoms with E-state index in [1.807, 2.05) is 6.08 Å². The van der Waals surface area contributed by atoms with Crippen LogP contribution in [0.5, 0.6) is 0 Å². The molecule has 0 aliphatic heterocycles. The van der Waals surface area contributed by atoms with Gasteiger partial charge in [-0.15, -0.1) is 5.73 Å². The quantitative estimate of drug-likeness (QED) is 0.497. The molecule has 0 saturated carbocycles. The Bertz CT molecular complexity index is 683. The van der Waals surface area contributed by atoms with Gasteiger partial charge in [0, 0.05) is 12.1 Å². The summed E-state index contributed by atoms with van der Waals surface area (Å²) in [5.74, 6) is -1.49. The summed E-state index contributed by atoms with van der Waals surface area (Å²) in [7, 11) is 0. The molecule has 0 bridgehead atoms. The maximum absolute atomic E-state index is 11.3. The molecule has 136 valence electrons. The van der Waals surface area contributed by atoms with Crippen molar-refractivity contribution in [2.24, 2.45) is 11.8 Å². The lowest BCUT2D eigenvalue weighted by atomic mass is 9.86. The Labute approximate surface area is 148 Å². The van der Waals surface area contributed by atoms with Crippen molar-refractivity contribution in [1.29, 1.82) is 0 Å². The molecule has 1 heterocycles. The van der Waals surface area contributed by atoms with Gasteiger partial charge in [0.1, 0.15) is 5.70 Å². The summed E-state index contributed by atoms with van der Waals surface area (Å²) in [6.45, 7) is 10.2. The van der Waals surface area contributed by atoms with Gasteiger partial charge in [0.05, 0.1) is 18.1 Å². The van der Waals surface area contributed by atoms with Gasteiger partial charge in [-0.1, -0.05) is 33.8 Å². The number of carbonyl (C=O) groups is 2. The van der Waals surface area contributed by atoms with Crippen LogP contribution in [-0.4, -0.2) is 31.7 Å². The molecule has 1 aromatic rings. The number of aromatic nitrogens is 2. The molecule has 0 aliphatic rings. The molecule has 6 nitrogen and oxygen atoms in total. The molecule has 2 N–H and O–H groups in total. The van der Waals surface area contributed by atoms with Gasteiger partial charge in [-0.3, -0.25) is 4.57 Å². The normalized spacial score (nSPS) is 15.1. The zero-order valence-corrected chi connectivity index (χ0v) is 15.0. The summed E-state index contributed by atoms with van der Waals surface area (Å²) in [5.41, 5.74) is 3.09. The lowest BCUT2D eigenvalue weighted by Gasteiger charge is -2.19. The monoisotopic (exact) mass is 346 g/mol. The van der Waals surface area contributed by atoms with Gasteiger partial charge in [0.15, 0.2) is 0 Å². The summed E-state index contributed by atoms with van der Waals surface area (Å²) in [5, 5.41) is 18.0. The van der Waals surface area contributed by atoms with Crippen molar-refractivity contribution in [3.63, 3.8) is 0 Å². The summed E-state index contributed by atoms with van der Waals surface area (Å²) in [6, 6.07) is 0. The number of carboxylic acids is 2. The van der Waals surface area contributed by atoms with E-state index in [-0.39, 0.29) is 11.6 Å². The van der Waals surface area contributed by atoms with E-state index in [1.165, 1.54) is 10.9 Å². The fourth-order valence-corrected chi connectivity index (χ4v) is 2.61. The van der Waals surface area contributed by atoms with Gasteiger partial charge in [-0.05, 0) is 30.8 Å². The molecular weight excluding hydrogens is 320 g/mol. The second-order valence-electron chi connectivity index (χ2n) is 6.30. The molecule has 0 saturated heterocycles. The zero-order chi connectivity index (χ0) is 19.0. The van der Waals surface area contributed by atoms with Crippen LogP contribution in [0.1, 0.15) is 51.6 Å². The molecule has 3 unspecified atom stereocenters. The van der Waals surface area contributed by atoms with Crippen molar-refractivity contribution in [1.82, 2.24) is 9.55 Å². The lowest BCUT2D eigenvalue weighted by Crippen LogP contribution is -2.09. The number of imidazole rings is 1. The first-order valence-corrected chi connectivity index (χ1v) is 8.38. The maximum atomic E-state index is 11.3. The molecule has 6 heteroatoms.